The Morgan fingerprint density at radius 3 is 2.18 bits per heavy atom. The molecule has 0 aromatic carbocycles. The molecule has 0 amide bonds. The highest BCUT2D eigenvalue weighted by atomic mass is 16.8. The summed E-state index contributed by atoms with van der Waals surface area (Å²) in [4.78, 5) is 11.8. The summed E-state index contributed by atoms with van der Waals surface area (Å²) in [6, 6.07) is 0. The predicted molar refractivity (Wildman–Crippen MR) is 105 cm³/mol. The molecule has 0 saturated carbocycles. The molecule has 0 aliphatic carbocycles. The Kier molecular flexibility index (Phi) is 8.67. The van der Waals surface area contributed by atoms with Crippen molar-refractivity contribution in [3.63, 3.8) is 0 Å². The fourth-order valence-corrected chi connectivity index (χ4v) is 3.66. The third kappa shape index (κ3) is 6.00. The number of hydrogen-bond acceptors (Lipinski definition) is 13. The van der Waals surface area contributed by atoms with Crippen LogP contribution in [0.4, 0.5) is 0 Å². The summed E-state index contributed by atoms with van der Waals surface area (Å²) in [5.74, 6) is -0.374. The summed E-state index contributed by atoms with van der Waals surface area (Å²) < 4.78 is 32.7. The molecule has 3 aliphatic heterocycles. The average molecular weight is 482 g/mol. The second-order valence-electron chi connectivity index (χ2n) is 9.40. The van der Waals surface area contributed by atoms with E-state index in [4.69, 9.17) is 28.4 Å². The van der Waals surface area contributed by atoms with Gasteiger partial charge >= 0.3 is 5.97 Å². The Morgan fingerprint density at radius 1 is 0.909 bits per heavy atom. The summed E-state index contributed by atoms with van der Waals surface area (Å²) in [7, 11) is 0. The van der Waals surface area contributed by atoms with Gasteiger partial charge in [-0.05, 0) is 20.8 Å². The van der Waals surface area contributed by atoms with Crippen LogP contribution in [0.5, 0.6) is 0 Å². The van der Waals surface area contributed by atoms with Gasteiger partial charge < -0.3 is 59.1 Å². The van der Waals surface area contributed by atoms with E-state index in [1.165, 1.54) is 0 Å². The fourth-order valence-electron chi connectivity index (χ4n) is 3.66. The minimum absolute atomic E-state index is 0.0269. The fraction of sp³-hybridized carbons (Fsp3) is 0.950. The monoisotopic (exact) mass is 482 g/mol. The van der Waals surface area contributed by atoms with Crippen molar-refractivity contribution in [1.82, 2.24) is 0 Å². The lowest BCUT2D eigenvalue weighted by molar-refractivity contribution is -0.398. The number of esters is 1. The quantitative estimate of drug-likeness (QED) is 0.210. The van der Waals surface area contributed by atoms with Crippen LogP contribution in [-0.4, -0.2) is 124 Å². The molecule has 0 bridgehead atoms. The largest absolute Gasteiger partial charge is 0.465 e. The second kappa shape index (κ2) is 10.7. The van der Waals surface area contributed by atoms with Crippen LogP contribution in [0.3, 0.4) is 0 Å². The van der Waals surface area contributed by atoms with Gasteiger partial charge in [-0.1, -0.05) is 0 Å². The lowest BCUT2D eigenvalue weighted by Gasteiger charge is -2.48. The molecule has 33 heavy (non-hydrogen) atoms. The molecule has 3 aliphatic rings. The second-order valence-corrected chi connectivity index (χ2v) is 9.40. The van der Waals surface area contributed by atoms with E-state index in [9.17, 15) is 35.4 Å². The summed E-state index contributed by atoms with van der Waals surface area (Å²) >= 11 is 0. The van der Waals surface area contributed by atoms with Crippen LogP contribution in [0.25, 0.3) is 0 Å². The third-order valence-electron chi connectivity index (χ3n) is 5.71. The van der Waals surface area contributed by atoms with Gasteiger partial charge in [-0.15, -0.1) is 0 Å². The van der Waals surface area contributed by atoms with Crippen LogP contribution < -0.4 is 0 Å². The first kappa shape index (κ1) is 26.6. The Morgan fingerprint density at radius 2 is 1.55 bits per heavy atom. The van der Waals surface area contributed by atoms with Gasteiger partial charge in [0.2, 0.25) is 0 Å². The first-order valence-electron chi connectivity index (χ1n) is 10.9. The summed E-state index contributed by atoms with van der Waals surface area (Å²) in [5.41, 5.74) is -0.646. The van der Waals surface area contributed by atoms with E-state index in [1.54, 1.807) is 20.8 Å². The zero-order valence-electron chi connectivity index (χ0n) is 18.7. The molecular formula is C20H34O13. The number of rotatable bonds is 6. The number of carbonyl (C=O) groups excluding carboxylic acids is 1. The zero-order valence-corrected chi connectivity index (χ0v) is 18.7. The molecule has 3 rings (SSSR count). The molecule has 6 N–H and O–H groups in total. The van der Waals surface area contributed by atoms with E-state index >= 15 is 0 Å². The molecule has 13 nitrogen and oxygen atoms in total. The standard InChI is InChI=1S/C20H34O13/c1-20(2,3)19(27)28-5-4-10-29-7-9-16(32-10)13(24)15(26)18(31-9)33-17-14(25)12(23)11(22)8(6-21)30-17/h8-18,21-26H,4-7H2,1-3H3/t8-,9-,10?,11-,12+,13-,14-,15-,16-,17-,18-/m1/s1. The van der Waals surface area contributed by atoms with Crippen molar-refractivity contribution >= 4 is 5.97 Å². The summed E-state index contributed by atoms with van der Waals surface area (Å²) in [6.07, 6.45) is -14.7. The van der Waals surface area contributed by atoms with Crippen molar-refractivity contribution < 1.29 is 63.9 Å². The molecule has 11 atom stereocenters. The highest BCUT2D eigenvalue weighted by Crippen LogP contribution is 2.32. The molecule has 13 heteroatoms. The lowest BCUT2D eigenvalue weighted by atomic mass is 9.97. The Labute approximate surface area is 190 Å². The van der Waals surface area contributed by atoms with Crippen LogP contribution in [0.2, 0.25) is 0 Å². The maximum atomic E-state index is 11.8. The molecule has 0 aromatic heterocycles. The van der Waals surface area contributed by atoms with Gasteiger partial charge in [0.25, 0.3) is 0 Å². The smallest absolute Gasteiger partial charge is 0.311 e. The Hall–Kier alpha value is -0.970. The van der Waals surface area contributed by atoms with Gasteiger partial charge in [0.05, 0.1) is 25.2 Å². The molecule has 192 valence electrons. The van der Waals surface area contributed by atoms with E-state index in [1.807, 2.05) is 0 Å². The van der Waals surface area contributed by atoms with Crippen molar-refractivity contribution in [2.75, 3.05) is 19.8 Å². The SMILES string of the molecule is CC(C)(C)C(=O)OCCC1OC[C@H]2O[C@H](O[C@H]3O[C@H](CO)[C@@H](O)[C@H](O)[C@H]3O)[C@H](O)[C@@H](O)[C@@H]2O1. The molecule has 3 heterocycles. The maximum absolute atomic E-state index is 11.8. The van der Waals surface area contributed by atoms with Crippen LogP contribution >= 0.6 is 0 Å². The van der Waals surface area contributed by atoms with Crippen molar-refractivity contribution in [1.29, 1.82) is 0 Å². The van der Waals surface area contributed by atoms with Crippen molar-refractivity contribution in [2.24, 2.45) is 5.41 Å². The minimum atomic E-state index is -1.70. The van der Waals surface area contributed by atoms with Crippen molar-refractivity contribution in [3.05, 3.63) is 0 Å². The van der Waals surface area contributed by atoms with E-state index in [0.717, 1.165) is 0 Å². The number of aliphatic hydroxyl groups is 6. The Balaban J connectivity index is 1.54. The molecule has 1 unspecified atom stereocenters. The van der Waals surface area contributed by atoms with E-state index in [0.29, 0.717) is 0 Å². The number of ether oxygens (including phenoxy) is 6. The van der Waals surface area contributed by atoms with E-state index < -0.39 is 79.7 Å². The first-order chi connectivity index (χ1) is 15.4. The highest BCUT2D eigenvalue weighted by Gasteiger charge is 2.52. The molecule has 0 aromatic rings. The van der Waals surface area contributed by atoms with Gasteiger partial charge in [0, 0.05) is 6.42 Å². The van der Waals surface area contributed by atoms with Crippen LogP contribution in [0, 0.1) is 5.41 Å². The first-order valence-corrected chi connectivity index (χ1v) is 10.9. The molecule has 0 radical (unpaired) electrons. The molecule has 0 spiro atoms. The van der Waals surface area contributed by atoms with Gasteiger partial charge in [0.1, 0.15) is 48.8 Å². The van der Waals surface area contributed by atoms with Crippen LogP contribution in [-0.2, 0) is 33.2 Å². The van der Waals surface area contributed by atoms with E-state index in [-0.39, 0.29) is 25.6 Å². The normalized spacial score (nSPS) is 44.2. The topological polar surface area (TPSA) is 194 Å². The summed E-state index contributed by atoms with van der Waals surface area (Å²) in [5, 5.41) is 60.2. The number of fused-ring (bicyclic) bond motifs is 1. The van der Waals surface area contributed by atoms with Gasteiger partial charge in [0.15, 0.2) is 18.9 Å². The number of aliphatic hydroxyl groups excluding tert-OH is 6. The molecule has 3 fully saturated rings. The molecular weight excluding hydrogens is 448 g/mol. The van der Waals surface area contributed by atoms with Gasteiger partial charge in [-0.2, -0.15) is 0 Å². The van der Waals surface area contributed by atoms with Gasteiger partial charge in [-0.3, -0.25) is 4.79 Å². The van der Waals surface area contributed by atoms with E-state index in [2.05, 4.69) is 0 Å². The molecule has 3 saturated heterocycles. The number of hydrogen-bond donors (Lipinski definition) is 6. The summed E-state index contributed by atoms with van der Waals surface area (Å²) in [6.45, 7) is 4.55. The van der Waals surface area contributed by atoms with Gasteiger partial charge in [-0.25, -0.2) is 0 Å². The average Bonchev–Trinajstić information content (AvgIpc) is 2.77. The zero-order chi connectivity index (χ0) is 24.5. The number of carbonyl (C=O) groups is 1. The third-order valence-corrected chi connectivity index (χ3v) is 5.71. The Bertz CT molecular complexity index is 650. The highest BCUT2D eigenvalue weighted by molar-refractivity contribution is 5.75. The van der Waals surface area contributed by atoms with Crippen molar-refractivity contribution in [2.45, 2.75) is 94.9 Å². The minimum Gasteiger partial charge on any atom is -0.465 e. The van der Waals surface area contributed by atoms with Crippen LogP contribution in [0.15, 0.2) is 0 Å². The van der Waals surface area contributed by atoms with Crippen molar-refractivity contribution in [3.8, 4) is 0 Å². The maximum Gasteiger partial charge on any atom is 0.311 e. The lowest BCUT2D eigenvalue weighted by Crippen LogP contribution is -2.65. The predicted octanol–water partition coefficient (Wildman–Crippen LogP) is -3.03. The van der Waals surface area contributed by atoms with Crippen LogP contribution in [0.1, 0.15) is 27.2 Å².